The fourth-order valence-electron chi connectivity index (χ4n) is 3.75. The summed E-state index contributed by atoms with van der Waals surface area (Å²) in [7, 11) is -3.46. The van der Waals surface area contributed by atoms with Gasteiger partial charge in [0.25, 0.3) is 0 Å². The minimum Gasteiger partial charge on any atom is -0.345 e. The number of anilines is 1. The van der Waals surface area contributed by atoms with E-state index in [0.717, 1.165) is 27.8 Å². The second kappa shape index (κ2) is 10.7. The highest BCUT2D eigenvalue weighted by molar-refractivity contribution is 7.92. The van der Waals surface area contributed by atoms with E-state index in [0.29, 0.717) is 12.1 Å². The van der Waals surface area contributed by atoms with Gasteiger partial charge in [0.2, 0.25) is 15.9 Å². The average molecular weight is 465 g/mol. The summed E-state index contributed by atoms with van der Waals surface area (Å²) in [5.41, 5.74) is 5.93. The number of sulfonamides is 1. The largest absolute Gasteiger partial charge is 0.345 e. The Balaban J connectivity index is 1.70. The number of amides is 1. The van der Waals surface area contributed by atoms with Crippen molar-refractivity contribution in [2.24, 2.45) is 0 Å². The molecule has 3 aromatic rings. The highest BCUT2D eigenvalue weighted by Gasteiger charge is 2.20. The number of aryl methyl sites for hydroxylation is 3. The fraction of sp³-hybridized carbons (Fsp3) is 0.296. The number of carbonyl (C=O) groups excluding carboxylic acids is 1. The van der Waals surface area contributed by atoms with Crippen LogP contribution in [0.3, 0.4) is 0 Å². The van der Waals surface area contributed by atoms with Gasteiger partial charge in [0.15, 0.2) is 0 Å². The van der Waals surface area contributed by atoms with Gasteiger partial charge in [0.05, 0.1) is 18.0 Å². The van der Waals surface area contributed by atoms with E-state index in [4.69, 9.17) is 0 Å². The van der Waals surface area contributed by atoms with Crippen LogP contribution in [0, 0.1) is 20.8 Å². The standard InChI is InChI=1S/C27H32N2O3S/c1-20-12-15-24(16-13-20)27(23-9-6-5-7-10-23)28-26(30)11-8-18-29(33(4,31)32)25-17-14-21(2)22(3)19-25/h5-7,9-10,12-17,19,27H,8,11,18H2,1-4H3,(H,28,30)/t27-/m0/s1. The molecular formula is C27H32N2O3S. The smallest absolute Gasteiger partial charge is 0.232 e. The zero-order valence-electron chi connectivity index (χ0n) is 19.7. The minimum atomic E-state index is -3.46. The van der Waals surface area contributed by atoms with Gasteiger partial charge in [0, 0.05) is 13.0 Å². The van der Waals surface area contributed by atoms with Gasteiger partial charge in [-0.2, -0.15) is 0 Å². The molecule has 0 bridgehead atoms. The van der Waals surface area contributed by atoms with Gasteiger partial charge >= 0.3 is 0 Å². The summed E-state index contributed by atoms with van der Waals surface area (Å²) in [4.78, 5) is 12.9. The molecule has 0 spiro atoms. The molecule has 5 nitrogen and oxygen atoms in total. The lowest BCUT2D eigenvalue weighted by molar-refractivity contribution is -0.121. The SMILES string of the molecule is Cc1ccc([C@@H](NC(=O)CCCN(c2ccc(C)c(C)c2)S(C)(=O)=O)c2ccccc2)cc1. The maximum atomic E-state index is 12.9. The van der Waals surface area contributed by atoms with E-state index in [9.17, 15) is 13.2 Å². The van der Waals surface area contributed by atoms with Gasteiger partial charge in [-0.3, -0.25) is 9.10 Å². The molecule has 3 rings (SSSR count). The zero-order chi connectivity index (χ0) is 24.0. The van der Waals surface area contributed by atoms with Crippen LogP contribution in [0.15, 0.2) is 72.8 Å². The first-order valence-corrected chi connectivity index (χ1v) is 13.0. The van der Waals surface area contributed by atoms with Crippen LogP contribution in [0.4, 0.5) is 5.69 Å². The number of nitrogens with one attached hydrogen (secondary N) is 1. The number of hydrogen-bond donors (Lipinski definition) is 1. The van der Waals surface area contributed by atoms with Crippen molar-refractivity contribution in [2.45, 2.75) is 39.7 Å². The topological polar surface area (TPSA) is 66.5 Å². The van der Waals surface area contributed by atoms with Crippen LogP contribution in [0.2, 0.25) is 0 Å². The van der Waals surface area contributed by atoms with E-state index in [-0.39, 0.29) is 24.9 Å². The van der Waals surface area contributed by atoms with E-state index in [1.807, 2.05) is 93.6 Å². The summed E-state index contributed by atoms with van der Waals surface area (Å²) in [5, 5.41) is 3.13. The third-order valence-electron chi connectivity index (χ3n) is 5.79. The normalized spacial score (nSPS) is 12.2. The second-order valence-electron chi connectivity index (χ2n) is 8.53. The van der Waals surface area contributed by atoms with Crippen molar-refractivity contribution in [3.8, 4) is 0 Å². The van der Waals surface area contributed by atoms with Crippen molar-refractivity contribution in [1.29, 1.82) is 0 Å². The predicted octanol–water partition coefficient (Wildman–Crippen LogP) is 5.06. The van der Waals surface area contributed by atoms with Crippen molar-refractivity contribution >= 4 is 21.6 Å². The molecule has 0 unspecified atom stereocenters. The molecule has 0 radical (unpaired) electrons. The molecule has 0 aliphatic carbocycles. The predicted molar refractivity (Wildman–Crippen MR) is 135 cm³/mol. The van der Waals surface area contributed by atoms with E-state index in [1.54, 1.807) is 0 Å². The quantitative estimate of drug-likeness (QED) is 0.481. The van der Waals surface area contributed by atoms with Crippen LogP contribution in [0.25, 0.3) is 0 Å². The van der Waals surface area contributed by atoms with Crippen molar-refractivity contribution in [3.63, 3.8) is 0 Å². The molecule has 33 heavy (non-hydrogen) atoms. The maximum Gasteiger partial charge on any atom is 0.232 e. The van der Waals surface area contributed by atoms with E-state index >= 15 is 0 Å². The number of hydrogen-bond acceptors (Lipinski definition) is 3. The van der Waals surface area contributed by atoms with Crippen molar-refractivity contribution in [3.05, 3.63) is 101 Å². The molecule has 1 atom stereocenters. The molecular weight excluding hydrogens is 432 g/mol. The van der Waals surface area contributed by atoms with E-state index < -0.39 is 10.0 Å². The molecule has 0 aliphatic heterocycles. The van der Waals surface area contributed by atoms with Gasteiger partial charge in [-0.1, -0.05) is 66.2 Å². The lowest BCUT2D eigenvalue weighted by Crippen LogP contribution is -2.33. The average Bonchev–Trinajstić information content (AvgIpc) is 2.77. The molecule has 0 heterocycles. The summed E-state index contributed by atoms with van der Waals surface area (Å²) in [5.74, 6) is -0.113. The monoisotopic (exact) mass is 464 g/mol. The van der Waals surface area contributed by atoms with Crippen LogP contribution < -0.4 is 9.62 Å². The number of nitrogens with zero attached hydrogens (tertiary/aromatic N) is 1. The molecule has 0 aromatic heterocycles. The van der Waals surface area contributed by atoms with Crippen LogP contribution >= 0.6 is 0 Å². The lowest BCUT2D eigenvalue weighted by Gasteiger charge is -2.24. The van der Waals surface area contributed by atoms with Gasteiger partial charge in [-0.15, -0.1) is 0 Å². The highest BCUT2D eigenvalue weighted by atomic mass is 32.2. The summed E-state index contributed by atoms with van der Waals surface area (Å²) < 4.78 is 26.2. The first-order chi connectivity index (χ1) is 15.6. The van der Waals surface area contributed by atoms with E-state index in [1.165, 1.54) is 10.6 Å². The van der Waals surface area contributed by atoms with Gasteiger partial charge in [0.1, 0.15) is 0 Å². The molecule has 1 amide bonds. The Bertz CT molecular complexity index is 1190. The molecule has 6 heteroatoms. The Labute approximate surface area is 197 Å². The molecule has 1 N–H and O–H groups in total. The highest BCUT2D eigenvalue weighted by Crippen LogP contribution is 2.24. The summed E-state index contributed by atoms with van der Waals surface area (Å²) in [6.45, 7) is 6.23. The maximum absolute atomic E-state index is 12.9. The van der Waals surface area contributed by atoms with Crippen LogP contribution in [0.1, 0.15) is 46.7 Å². The molecule has 174 valence electrons. The van der Waals surface area contributed by atoms with E-state index in [2.05, 4.69) is 5.32 Å². The second-order valence-corrected chi connectivity index (χ2v) is 10.4. The Morgan fingerprint density at radius 1 is 0.879 bits per heavy atom. The Morgan fingerprint density at radius 2 is 1.52 bits per heavy atom. The number of rotatable bonds is 9. The first-order valence-electron chi connectivity index (χ1n) is 11.1. The summed E-state index contributed by atoms with van der Waals surface area (Å²) in [6.07, 6.45) is 1.85. The van der Waals surface area contributed by atoms with Crippen molar-refractivity contribution in [2.75, 3.05) is 17.1 Å². The first kappa shape index (κ1) is 24.5. The van der Waals surface area contributed by atoms with Crippen LogP contribution in [-0.2, 0) is 14.8 Å². The van der Waals surface area contributed by atoms with Crippen molar-refractivity contribution in [1.82, 2.24) is 5.32 Å². The Hall–Kier alpha value is -3.12. The Morgan fingerprint density at radius 3 is 2.12 bits per heavy atom. The van der Waals surface area contributed by atoms with Crippen molar-refractivity contribution < 1.29 is 13.2 Å². The van der Waals surface area contributed by atoms with Gasteiger partial charge < -0.3 is 5.32 Å². The minimum absolute atomic E-state index is 0.113. The Kier molecular flexibility index (Phi) is 7.92. The number of benzene rings is 3. The third kappa shape index (κ3) is 6.68. The van der Waals surface area contributed by atoms with Gasteiger partial charge in [-0.25, -0.2) is 8.42 Å². The molecule has 0 aliphatic rings. The summed E-state index contributed by atoms with van der Waals surface area (Å²) in [6, 6.07) is 23.3. The van der Waals surface area contributed by atoms with Crippen LogP contribution in [0.5, 0.6) is 0 Å². The molecule has 0 saturated carbocycles. The zero-order valence-corrected chi connectivity index (χ0v) is 20.5. The fourth-order valence-corrected chi connectivity index (χ4v) is 4.70. The molecule has 3 aromatic carbocycles. The number of carbonyl (C=O) groups is 1. The molecule has 0 saturated heterocycles. The molecule has 0 fully saturated rings. The lowest BCUT2D eigenvalue weighted by atomic mass is 9.97. The van der Waals surface area contributed by atoms with Gasteiger partial charge in [-0.05, 0) is 61.6 Å². The summed E-state index contributed by atoms with van der Waals surface area (Å²) >= 11 is 0. The third-order valence-corrected chi connectivity index (χ3v) is 6.99. The van der Waals surface area contributed by atoms with Crippen LogP contribution in [-0.4, -0.2) is 27.1 Å².